The first-order valence-electron chi connectivity index (χ1n) is 10.6. The third-order valence-electron chi connectivity index (χ3n) is 5.50. The molecule has 0 fully saturated rings. The molecule has 0 saturated heterocycles. The Labute approximate surface area is 216 Å². The highest BCUT2D eigenvalue weighted by atomic mass is 35.5. The van der Waals surface area contributed by atoms with Gasteiger partial charge in [-0.2, -0.15) is 0 Å². The van der Waals surface area contributed by atoms with Crippen molar-refractivity contribution < 1.29 is 27.5 Å². The van der Waals surface area contributed by atoms with Gasteiger partial charge in [-0.05, 0) is 48.4 Å². The van der Waals surface area contributed by atoms with E-state index in [0.29, 0.717) is 28.4 Å². The van der Waals surface area contributed by atoms with Gasteiger partial charge in [0.15, 0.2) is 0 Å². The zero-order chi connectivity index (χ0) is 26.0. The van der Waals surface area contributed by atoms with Gasteiger partial charge in [-0.3, -0.25) is 14.3 Å². The number of methoxy groups -OCH3 is 1. The van der Waals surface area contributed by atoms with Crippen molar-refractivity contribution in [1.82, 2.24) is 4.90 Å². The molecule has 2 aromatic carbocycles. The number of sulfonamides is 1. The van der Waals surface area contributed by atoms with Crippen molar-refractivity contribution in [2.45, 2.75) is 17.9 Å². The highest BCUT2D eigenvalue weighted by molar-refractivity contribution is 7.92. The number of nitrogens with two attached hydrogens (primary N) is 1. The maximum absolute atomic E-state index is 13.2. The van der Waals surface area contributed by atoms with Crippen molar-refractivity contribution in [2.24, 2.45) is 5.73 Å². The summed E-state index contributed by atoms with van der Waals surface area (Å²) in [6, 6.07) is 11.6. The number of halogens is 1. The summed E-state index contributed by atoms with van der Waals surface area (Å²) in [5.74, 6) is -1.36. The van der Waals surface area contributed by atoms with Crippen LogP contribution < -0.4 is 15.8 Å². The van der Waals surface area contributed by atoms with Crippen LogP contribution in [-0.2, 0) is 27.7 Å². The maximum Gasteiger partial charge on any atom is 0.409 e. The molecule has 10 nitrogen and oxygen atoms in total. The minimum absolute atomic E-state index is 0.0285. The third kappa shape index (κ3) is 5.15. The minimum atomic E-state index is -4.01. The molecule has 0 spiro atoms. The number of hydrogen-bond acceptors (Lipinski definition) is 7. The van der Waals surface area contributed by atoms with Crippen LogP contribution in [0.3, 0.4) is 0 Å². The number of ether oxygens (including phenoxy) is 1. The highest BCUT2D eigenvalue weighted by Crippen LogP contribution is 2.37. The van der Waals surface area contributed by atoms with E-state index >= 15 is 0 Å². The number of rotatable bonds is 6. The van der Waals surface area contributed by atoms with E-state index in [2.05, 4.69) is 10.0 Å². The number of amides is 3. The van der Waals surface area contributed by atoms with Gasteiger partial charge in [-0.25, -0.2) is 13.2 Å². The van der Waals surface area contributed by atoms with E-state index in [1.54, 1.807) is 12.1 Å². The van der Waals surface area contributed by atoms with Gasteiger partial charge >= 0.3 is 6.09 Å². The van der Waals surface area contributed by atoms with Gasteiger partial charge in [-0.1, -0.05) is 23.7 Å². The lowest BCUT2D eigenvalue weighted by molar-refractivity contribution is 0.0999. The Morgan fingerprint density at radius 3 is 2.47 bits per heavy atom. The Balaban J connectivity index is 1.62. The number of carbonyl (C=O) groups excluding carboxylic acids is 3. The van der Waals surface area contributed by atoms with Crippen LogP contribution in [0.1, 0.15) is 31.2 Å². The number of anilines is 2. The largest absolute Gasteiger partial charge is 0.453 e. The first-order valence-corrected chi connectivity index (χ1v) is 13.2. The van der Waals surface area contributed by atoms with E-state index in [1.165, 1.54) is 48.4 Å². The van der Waals surface area contributed by atoms with Gasteiger partial charge < -0.3 is 20.7 Å². The van der Waals surface area contributed by atoms with Crippen molar-refractivity contribution in [3.8, 4) is 0 Å². The Bertz CT molecular complexity index is 1450. The molecule has 3 amide bonds. The molecule has 1 aromatic heterocycles. The lowest BCUT2D eigenvalue weighted by Crippen LogP contribution is -2.35. The Kier molecular flexibility index (Phi) is 7.20. The fourth-order valence-corrected chi connectivity index (χ4v) is 6.26. The summed E-state index contributed by atoms with van der Waals surface area (Å²) in [5, 5.41) is 3.29. The molecule has 0 bridgehead atoms. The standard InChI is InChI=1S/C23H21ClN4O6S2/c1-34-23(31)28-11-10-16-18(12-28)35-22(19(16)20(25)29)26-21(30)15-4-2-3-5-17(15)27-36(32,33)14-8-6-13(24)7-9-14/h2-9,27H,10-12H2,1H3,(H2,25,29)(H,26,30). The first-order chi connectivity index (χ1) is 17.1. The molecule has 2 heterocycles. The summed E-state index contributed by atoms with van der Waals surface area (Å²) >= 11 is 6.97. The summed E-state index contributed by atoms with van der Waals surface area (Å²) in [5.41, 5.74) is 6.54. The smallest absolute Gasteiger partial charge is 0.409 e. The number of fused-ring (bicyclic) bond motifs is 1. The molecule has 3 aromatic rings. The van der Waals surface area contributed by atoms with Crippen LogP contribution in [0, 0.1) is 0 Å². The molecule has 0 saturated carbocycles. The summed E-state index contributed by atoms with van der Waals surface area (Å²) in [6.07, 6.45) is -0.130. The molecular formula is C23H21ClN4O6S2. The second kappa shape index (κ2) is 10.2. The number of nitrogens with zero attached hydrogens (tertiary/aromatic N) is 1. The van der Waals surface area contributed by atoms with E-state index in [4.69, 9.17) is 22.1 Å². The topological polar surface area (TPSA) is 148 Å². The molecule has 0 aliphatic carbocycles. The number of thiophene rings is 1. The van der Waals surface area contributed by atoms with Gasteiger partial charge in [0.1, 0.15) is 5.00 Å². The number of primary amides is 1. The van der Waals surface area contributed by atoms with E-state index in [9.17, 15) is 22.8 Å². The Hall–Kier alpha value is -3.61. The van der Waals surface area contributed by atoms with Crippen molar-refractivity contribution in [2.75, 3.05) is 23.7 Å². The van der Waals surface area contributed by atoms with Gasteiger partial charge in [0.25, 0.3) is 21.8 Å². The molecule has 0 atom stereocenters. The van der Waals surface area contributed by atoms with E-state index in [0.717, 1.165) is 11.3 Å². The number of para-hydroxylation sites is 1. The molecule has 188 valence electrons. The molecule has 0 radical (unpaired) electrons. The minimum Gasteiger partial charge on any atom is -0.453 e. The zero-order valence-electron chi connectivity index (χ0n) is 18.9. The molecule has 36 heavy (non-hydrogen) atoms. The molecular weight excluding hydrogens is 528 g/mol. The molecule has 1 aliphatic heterocycles. The number of hydrogen-bond donors (Lipinski definition) is 3. The molecule has 13 heteroatoms. The predicted molar refractivity (Wildman–Crippen MR) is 136 cm³/mol. The molecule has 4 rings (SSSR count). The van der Waals surface area contributed by atoms with Crippen LogP contribution in [0.15, 0.2) is 53.4 Å². The number of nitrogens with one attached hydrogen (secondary N) is 2. The Morgan fingerprint density at radius 2 is 1.81 bits per heavy atom. The van der Waals surface area contributed by atoms with Crippen molar-refractivity contribution >= 4 is 61.6 Å². The number of benzene rings is 2. The van der Waals surface area contributed by atoms with Crippen molar-refractivity contribution in [1.29, 1.82) is 0 Å². The lowest BCUT2D eigenvalue weighted by Gasteiger charge is -2.25. The first kappa shape index (κ1) is 25.5. The van der Waals surface area contributed by atoms with Gasteiger partial charge in [0, 0.05) is 16.4 Å². The van der Waals surface area contributed by atoms with Crippen molar-refractivity contribution in [3.63, 3.8) is 0 Å². The monoisotopic (exact) mass is 548 g/mol. The normalized spacial score (nSPS) is 13.0. The summed E-state index contributed by atoms with van der Waals surface area (Å²) in [7, 11) is -2.73. The van der Waals surface area contributed by atoms with Crippen LogP contribution in [-0.4, -0.2) is 44.9 Å². The van der Waals surface area contributed by atoms with E-state index < -0.39 is 27.9 Å². The van der Waals surface area contributed by atoms with Crippen molar-refractivity contribution in [3.05, 3.63) is 75.1 Å². The molecule has 4 N–H and O–H groups in total. The maximum atomic E-state index is 13.2. The van der Waals surface area contributed by atoms with Gasteiger partial charge in [0.2, 0.25) is 0 Å². The average Bonchev–Trinajstić information content (AvgIpc) is 3.21. The fourth-order valence-electron chi connectivity index (χ4n) is 3.80. The van der Waals surface area contributed by atoms with Crippen LogP contribution in [0.25, 0.3) is 0 Å². The lowest BCUT2D eigenvalue weighted by atomic mass is 10.0. The quantitative estimate of drug-likeness (QED) is 0.428. The SMILES string of the molecule is COC(=O)N1CCc2c(sc(NC(=O)c3ccccc3NS(=O)(=O)c3ccc(Cl)cc3)c2C(N)=O)C1. The van der Waals surface area contributed by atoms with Crippen LogP contribution >= 0.6 is 22.9 Å². The van der Waals surface area contributed by atoms with Gasteiger partial charge in [0.05, 0.1) is 35.4 Å². The summed E-state index contributed by atoms with van der Waals surface area (Å²) in [6.45, 7) is 0.541. The van der Waals surface area contributed by atoms with Crippen LogP contribution in [0.4, 0.5) is 15.5 Å². The van der Waals surface area contributed by atoms with Gasteiger partial charge in [-0.15, -0.1) is 11.3 Å². The average molecular weight is 549 g/mol. The van der Waals surface area contributed by atoms with Crippen LogP contribution in [0.5, 0.6) is 0 Å². The van der Waals surface area contributed by atoms with Crippen LogP contribution in [0.2, 0.25) is 5.02 Å². The third-order valence-corrected chi connectivity index (χ3v) is 8.27. The molecule has 0 unspecified atom stereocenters. The second-order valence-corrected chi connectivity index (χ2v) is 11.0. The number of carbonyl (C=O) groups is 3. The zero-order valence-corrected chi connectivity index (χ0v) is 21.3. The summed E-state index contributed by atoms with van der Waals surface area (Å²) in [4.78, 5) is 39.5. The fraction of sp³-hybridized carbons (Fsp3) is 0.174. The predicted octanol–water partition coefficient (Wildman–Crippen LogP) is 3.68. The molecule has 1 aliphatic rings. The van der Waals surface area contributed by atoms with E-state index in [-0.39, 0.29) is 33.3 Å². The van der Waals surface area contributed by atoms with E-state index in [1.807, 2.05) is 0 Å². The highest BCUT2D eigenvalue weighted by Gasteiger charge is 2.30. The second-order valence-electron chi connectivity index (χ2n) is 7.77. The summed E-state index contributed by atoms with van der Waals surface area (Å²) < 4.78 is 32.9. The Morgan fingerprint density at radius 1 is 1.11 bits per heavy atom.